The molecule has 1 amide bonds. The number of nitrogens with zero attached hydrogens (tertiary/aromatic N) is 5. The van der Waals surface area contributed by atoms with Crippen LogP contribution in [-0.4, -0.2) is 48.6 Å². The van der Waals surface area contributed by atoms with Crippen LogP contribution in [0.25, 0.3) is 5.78 Å². The van der Waals surface area contributed by atoms with Gasteiger partial charge in [-0.3, -0.25) is 4.79 Å². The Hall–Kier alpha value is -3.17. The molecule has 1 aliphatic rings. The maximum absolute atomic E-state index is 12.9. The molecule has 10 heteroatoms. The Balaban J connectivity index is 1.48. The zero-order chi connectivity index (χ0) is 22.3. The first kappa shape index (κ1) is 21.1. The van der Waals surface area contributed by atoms with Gasteiger partial charge in [-0.25, -0.2) is 9.50 Å². The van der Waals surface area contributed by atoms with Crippen LogP contribution in [-0.2, 0) is 17.4 Å². The van der Waals surface area contributed by atoms with Crippen LogP contribution in [0.3, 0.4) is 0 Å². The van der Waals surface area contributed by atoms with Crippen molar-refractivity contribution in [2.24, 2.45) is 0 Å². The van der Waals surface area contributed by atoms with E-state index in [1.807, 2.05) is 12.1 Å². The number of hydrogen-bond acceptors (Lipinski definition) is 5. The first-order chi connectivity index (χ1) is 14.6. The summed E-state index contributed by atoms with van der Waals surface area (Å²) in [6.07, 6.45) is -2.99. The van der Waals surface area contributed by atoms with Gasteiger partial charge in [-0.15, -0.1) is 5.10 Å². The first-order valence-electron chi connectivity index (χ1n) is 10.00. The van der Waals surface area contributed by atoms with E-state index in [1.165, 1.54) is 0 Å². The summed E-state index contributed by atoms with van der Waals surface area (Å²) in [5.41, 5.74) is 2.60. The van der Waals surface area contributed by atoms with Crippen LogP contribution in [0.5, 0.6) is 5.75 Å². The van der Waals surface area contributed by atoms with Crippen LogP contribution < -0.4 is 0 Å². The molecule has 0 bridgehead atoms. The van der Waals surface area contributed by atoms with Crippen LogP contribution in [0.4, 0.5) is 13.2 Å². The maximum atomic E-state index is 12.9. The van der Waals surface area contributed by atoms with Gasteiger partial charge in [0.05, 0.1) is 6.42 Å². The second-order valence-electron chi connectivity index (χ2n) is 7.83. The van der Waals surface area contributed by atoms with E-state index in [0.29, 0.717) is 36.0 Å². The smallest absolute Gasteiger partial charge is 0.453 e. The van der Waals surface area contributed by atoms with Crippen molar-refractivity contribution < 1.29 is 23.1 Å². The lowest BCUT2D eigenvalue weighted by Crippen LogP contribution is -2.39. The SMILES string of the molecule is Cc1nc2nc(C(F)(F)F)nn2c(C)c1CC(=O)N1CCC(c2ccc(O)cc2)CC1. The molecule has 1 saturated heterocycles. The molecule has 4 rings (SSSR count). The van der Waals surface area contributed by atoms with Crippen LogP contribution >= 0.6 is 0 Å². The number of likely N-dealkylation sites (tertiary alicyclic amines) is 1. The molecule has 0 spiro atoms. The van der Waals surface area contributed by atoms with Gasteiger partial charge in [-0.1, -0.05) is 12.1 Å². The molecule has 1 aliphatic heterocycles. The lowest BCUT2D eigenvalue weighted by Gasteiger charge is -2.32. The third-order valence-electron chi connectivity index (χ3n) is 5.84. The first-order valence-corrected chi connectivity index (χ1v) is 10.00. The molecule has 7 nitrogen and oxygen atoms in total. The average Bonchev–Trinajstić information content (AvgIpc) is 3.16. The number of carbonyl (C=O) groups is 1. The van der Waals surface area contributed by atoms with Crippen molar-refractivity contribution >= 4 is 11.7 Å². The standard InChI is InChI=1S/C21H22F3N5O2/c1-12-17(13(2)29-20(25-12)26-19(27-29)21(22,23)24)11-18(31)28-9-7-15(8-10-28)14-3-5-16(30)6-4-14/h3-6,15,30H,7-11H2,1-2H3. The highest BCUT2D eigenvalue weighted by atomic mass is 19.4. The van der Waals surface area contributed by atoms with Gasteiger partial charge in [0.1, 0.15) is 5.75 Å². The van der Waals surface area contributed by atoms with E-state index in [4.69, 9.17) is 0 Å². The van der Waals surface area contributed by atoms with Crippen LogP contribution in [0.15, 0.2) is 24.3 Å². The van der Waals surface area contributed by atoms with E-state index < -0.39 is 12.0 Å². The highest BCUT2D eigenvalue weighted by molar-refractivity contribution is 5.79. The summed E-state index contributed by atoms with van der Waals surface area (Å²) in [7, 11) is 0. The Kier molecular flexibility index (Phi) is 5.32. The predicted molar refractivity (Wildman–Crippen MR) is 106 cm³/mol. The summed E-state index contributed by atoms with van der Waals surface area (Å²) in [6.45, 7) is 4.48. The number of aryl methyl sites for hydroxylation is 2. The number of halogens is 3. The molecule has 0 atom stereocenters. The quantitative estimate of drug-likeness (QED) is 0.685. The van der Waals surface area contributed by atoms with Gasteiger partial charge in [0.15, 0.2) is 0 Å². The number of aromatic nitrogens is 4. The number of alkyl halides is 3. The van der Waals surface area contributed by atoms with Gasteiger partial charge >= 0.3 is 6.18 Å². The number of phenolic OH excluding ortho intramolecular Hbond substituents is 1. The predicted octanol–water partition coefficient (Wildman–Crippen LogP) is 3.41. The zero-order valence-corrected chi connectivity index (χ0v) is 17.1. The largest absolute Gasteiger partial charge is 0.508 e. The van der Waals surface area contributed by atoms with Crippen LogP contribution in [0.1, 0.15) is 47.1 Å². The number of rotatable bonds is 3. The summed E-state index contributed by atoms with van der Waals surface area (Å²) in [5.74, 6) is -0.923. The molecule has 164 valence electrons. The molecule has 0 unspecified atom stereocenters. The number of piperidine rings is 1. The third-order valence-corrected chi connectivity index (χ3v) is 5.84. The molecule has 0 aliphatic carbocycles. The number of carbonyl (C=O) groups excluding carboxylic acids is 1. The van der Waals surface area contributed by atoms with Crippen molar-refractivity contribution in [1.82, 2.24) is 24.5 Å². The normalized spacial score (nSPS) is 15.6. The van der Waals surface area contributed by atoms with Crippen molar-refractivity contribution in [3.05, 3.63) is 52.6 Å². The fraction of sp³-hybridized carbons (Fsp3) is 0.429. The monoisotopic (exact) mass is 433 g/mol. The number of phenols is 1. The van der Waals surface area contributed by atoms with Crippen molar-refractivity contribution in [1.29, 1.82) is 0 Å². The van der Waals surface area contributed by atoms with Crippen molar-refractivity contribution in [3.63, 3.8) is 0 Å². The Labute approximate surface area is 176 Å². The lowest BCUT2D eigenvalue weighted by molar-refractivity contribution is -0.144. The molecule has 1 fully saturated rings. The minimum Gasteiger partial charge on any atom is -0.508 e. The van der Waals surface area contributed by atoms with E-state index >= 15 is 0 Å². The van der Waals surface area contributed by atoms with E-state index in [2.05, 4.69) is 15.1 Å². The summed E-state index contributed by atoms with van der Waals surface area (Å²) in [6, 6.07) is 7.13. The van der Waals surface area contributed by atoms with Crippen molar-refractivity contribution in [2.75, 3.05) is 13.1 Å². The molecule has 0 saturated carbocycles. The van der Waals surface area contributed by atoms with Crippen molar-refractivity contribution in [3.8, 4) is 5.75 Å². The zero-order valence-electron chi connectivity index (χ0n) is 17.1. The highest BCUT2D eigenvalue weighted by Crippen LogP contribution is 2.30. The summed E-state index contributed by atoms with van der Waals surface area (Å²) in [5, 5.41) is 13.0. The van der Waals surface area contributed by atoms with Gasteiger partial charge in [0.25, 0.3) is 11.6 Å². The minimum atomic E-state index is -4.66. The van der Waals surface area contributed by atoms with Crippen LogP contribution in [0, 0.1) is 13.8 Å². The molecular formula is C21H22F3N5O2. The van der Waals surface area contributed by atoms with E-state index in [0.717, 1.165) is 22.9 Å². The van der Waals surface area contributed by atoms with Gasteiger partial charge in [0.2, 0.25) is 5.91 Å². The number of fused-ring (bicyclic) bond motifs is 1. The second kappa shape index (κ2) is 7.82. The Morgan fingerprint density at radius 3 is 2.39 bits per heavy atom. The van der Waals surface area contributed by atoms with E-state index in [-0.39, 0.29) is 23.9 Å². The molecule has 2 aromatic heterocycles. The lowest BCUT2D eigenvalue weighted by atomic mass is 9.89. The topological polar surface area (TPSA) is 83.6 Å². The van der Waals surface area contributed by atoms with E-state index in [1.54, 1.807) is 30.9 Å². The highest BCUT2D eigenvalue weighted by Gasteiger charge is 2.37. The fourth-order valence-corrected chi connectivity index (χ4v) is 4.06. The Morgan fingerprint density at radius 2 is 1.77 bits per heavy atom. The number of hydrogen-bond donors (Lipinski definition) is 1. The number of benzene rings is 1. The van der Waals surface area contributed by atoms with Gasteiger partial charge < -0.3 is 10.0 Å². The van der Waals surface area contributed by atoms with Gasteiger partial charge in [-0.2, -0.15) is 18.2 Å². The molecule has 31 heavy (non-hydrogen) atoms. The van der Waals surface area contributed by atoms with E-state index in [9.17, 15) is 23.1 Å². The van der Waals surface area contributed by atoms with Gasteiger partial charge in [0, 0.05) is 30.0 Å². The second-order valence-corrected chi connectivity index (χ2v) is 7.83. The molecule has 3 aromatic rings. The summed E-state index contributed by atoms with van der Waals surface area (Å²) in [4.78, 5) is 22.3. The molecule has 0 radical (unpaired) electrons. The summed E-state index contributed by atoms with van der Waals surface area (Å²) < 4.78 is 39.9. The van der Waals surface area contributed by atoms with Crippen molar-refractivity contribution in [2.45, 2.75) is 45.2 Å². The molecule has 3 heterocycles. The number of amides is 1. The minimum absolute atomic E-state index is 0.0473. The molecule has 1 aromatic carbocycles. The Morgan fingerprint density at radius 1 is 1.13 bits per heavy atom. The maximum Gasteiger partial charge on any atom is 0.453 e. The third kappa shape index (κ3) is 4.19. The average molecular weight is 433 g/mol. The molecular weight excluding hydrogens is 411 g/mol. The van der Waals surface area contributed by atoms with Gasteiger partial charge in [-0.05, 0) is 50.3 Å². The number of aromatic hydroxyl groups is 1. The summed E-state index contributed by atoms with van der Waals surface area (Å²) >= 11 is 0. The Bertz CT molecular complexity index is 1120. The fourth-order valence-electron chi connectivity index (χ4n) is 4.06. The molecule has 1 N–H and O–H groups in total. The van der Waals surface area contributed by atoms with Crippen LogP contribution in [0.2, 0.25) is 0 Å².